The van der Waals surface area contributed by atoms with Crippen LogP contribution in [-0.2, 0) is 14.8 Å². The third-order valence-electron chi connectivity index (χ3n) is 2.85. The molecule has 1 aromatic heterocycles. The van der Waals surface area contributed by atoms with Gasteiger partial charge in [0.25, 0.3) is 10.0 Å². The van der Waals surface area contributed by atoms with Crippen LogP contribution < -0.4 is 5.73 Å². The molecule has 0 aliphatic heterocycles. The average Bonchev–Trinajstić information content (AvgIpc) is 2.85. The lowest BCUT2D eigenvalue weighted by Gasteiger charge is -2.08. The van der Waals surface area contributed by atoms with E-state index in [9.17, 15) is 13.2 Å². The van der Waals surface area contributed by atoms with Gasteiger partial charge in [0.15, 0.2) is 5.82 Å². The van der Waals surface area contributed by atoms with Crippen LogP contribution in [0.1, 0.15) is 17.3 Å². The minimum atomic E-state index is -4.01. The molecule has 0 saturated heterocycles. The molecule has 0 aliphatic carbocycles. The van der Waals surface area contributed by atoms with Crippen LogP contribution in [0.15, 0.2) is 34.2 Å². The highest BCUT2D eigenvalue weighted by Gasteiger charge is 2.29. The maximum absolute atomic E-state index is 12.7. The molecule has 2 N–H and O–H groups in total. The Kier molecular flexibility index (Phi) is 5.23. The molecule has 0 bridgehead atoms. The van der Waals surface area contributed by atoms with Crippen molar-refractivity contribution >= 4 is 45.2 Å². The van der Waals surface area contributed by atoms with Crippen molar-refractivity contribution in [3.8, 4) is 0 Å². The number of benzene rings is 1. The van der Waals surface area contributed by atoms with Gasteiger partial charge in [-0.25, -0.2) is 4.79 Å². The lowest BCUT2D eigenvalue weighted by atomic mass is 10.3. The number of carbonyl (C=O) groups excluding carboxylic acids is 1. The Morgan fingerprint density at radius 3 is 2.52 bits per heavy atom. The van der Waals surface area contributed by atoms with Gasteiger partial charge in [-0.15, -0.1) is 20.9 Å². The predicted octanol–water partition coefficient (Wildman–Crippen LogP) is 2.25. The molecular formula is C13H14ClN3O4S2. The monoisotopic (exact) mass is 375 g/mol. The molecule has 0 amide bonds. The van der Waals surface area contributed by atoms with E-state index in [4.69, 9.17) is 22.1 Å². The summed E-state index contributed by atoms with van der Waals surface area (Å²) in [6.45, 7) is 1.78. The summed E-state index contributed by atoms with van der Waals surface area (Å²) in [7, 11) is -4.01. The Hall–Kier alpha value is -1.71. The van der Waals surface area contributed by atoms with Crippen LogP contribution >= 0.6 is 23.4 Å². The van der Waals surface area contributed by atoms with Gasteiger partial charge in [0.1, 0.15) is 10.6 Å². The zero-order chi connectivity index (χ0) is 17.2. The van der Waals surface area contributed by atoms with Gasteiger partial charge in [0.2, 0.25) is 0 Å². The fourth-order valence-electron chi connectivity index (χ4n) is 1.84. The Morgan fingerprint density at radius 2 is 2.00 bits per heavy atom. The highest BCUT2D eigenvalue weighted by atomic mass is 35.5. The van der Waals surface area contributed by atoms with Gasteiger partial charge in [-0.1, -0.05) is 11.6 Å². The highest BCUT2D eigenvalue weighted by Crippen LogP contribution is 2.30. The number of hydrogen-bond donors (Lipinski definition) is 1. The third kappa shape index (κ3) is 3.31. The van der Waals surface area contributed by atoms with Crippen LogP contribution in [-0.4, -0.2) is 36.4 Å². The molecule has 1 aromatic carbocycles. The van der Waals surface area contributed by atoms with Crippen LogP contribution in [0.4, 0.5) is 5.82 Å². The highest BCUT2D eigenvalue weighted by molar-refractivity contribution is 7.99. The molecule has 2 aromatic rings. The van der Waals surface area contributed by atoms with Gasteiger partial charge in [-0.2, -0.15) is 8.42 Å². The molecular weight excluding hydrogens is 362 g/mol. The van der Waals surface area contributed by atoms with Crippen LogP contribution in [0, 0.1) is 0 Å². The van der Waals surface area contributed by atoms with E-state index in [1.54, 1.807) is 13.2 Å². The number of hydrogen-bond acceptors (Lipinski definition) is 7. The van der Waals surface area contributed by atoms with Crippen LogP contribution in [0.25, 0.3) is 0 Å². The number of esters is 1. The van der Waals surface area contributed by atoms with Crippen molar-refractivity contribution in [2.24, 2.45) is 0 Å². The fourth-order valence-corrected chi connectivity index (χ4v) is 4.26. The second-order valence-corrected chi connectivity index (χ2v) is 7.29. The van der Waals surface area contributed by atoms with Crippen LogP contribution in [0.2, 0.25) is 5.02 Å². The number of rotatable bonds is 5. The second-order valence-electron chi connectivity index (χ2n) is 4.29. The van der Waals surface area contributed by atoms with E-state index in [0.29, 0.717) is 5.02 Å². The number of nitrogen functional groups attached to an aromatic ring is 1. The summed E-state index contributed by atoms with van der Waals surface area (Å²) < 4.78 is 31.1. The molecule has 0 atom stereocenters. The van der Waals surface area contributed by atoms with Gasteiger partial charge in [-0.05, 0) is 37.4 Å². The predicted molar refractivity (Wildman–Crippen MR) is 88.4 cm³/mol. The van der Waals surface area contributed by atoms with Crippen molar-refractivity contribution in [1.82, 2.24) is 9.19 Å². The standard InChI is InChI=1S/C13H14ClN3O4S2/c1-3-21-13(18)10-11(15)16-17(12(10)22-2)23(19,20)9-6-4-8(14)5-7-9/h4-7H,3H2,1-2H3,(H2,15,16). The van der Waals surface area contributed by atoms with Crippen molar-refractivity contribution in [2.75, 3.05) is 18.6 Å². The van der Waals surface area contributed by atoms with Crippen molar-refractivity contribution in [1.29, 1.82) is 0 Å². The van der Waals surface area contributed by atoms with E-state index in [-0.39, 0.29) is 27.9 Å². The first kappa shape index (κ1) is 17.6. The average molecular weight is 376 g/mol. The third-order valence-corrected chi connectivity index (χ3v) is 5.57. The maximum atomic E-state index is 12.7. The van der Waals surface area contributed by atoms with E-state index in [1.165, 1.54) is 24.3 Å². The summed E-state index contributed by atoms with van der Waals surface area (Å²) in [6.07, 6.45) is 1.62. The molecule has 7 nitrogen and oxygen atoms in total. The van der Waals surface area contributed by atoms with Gasteiger partial charge >= 0.3 is 5.97 Å². The Morgan fingerprint density at radius 1 is 1.39 bits per heavy atom. The van der Waals surface area contributed by atoms with E-state index in [2.05, 4.69) is 5.10 Å². The number of ether oxygens (including phenoxy) is 1. The first-order valence-electron chi connectivity index (χ1n) is 6.43. The normalized spacial score (nSPS) is 11.4. The van der Waals surface area contributed by atoms with E-state index in [1.807, 2.05) is 0 Å². The first-order chi connectivity index (χ1) is 10.8. The lowest BCUT2D eigenvalue weighted by molar-refractivity contribution is 0.0523. The smallest absolute Gasteiger partial charge is 0.344 e. The Labute approximate surface area is 142 Å². The lowest BCUT2D eigenvalue weighted by Crippen LogP contribution is -2.16. The van der Waals surface area contributed by atoms with Crippen molar-refractivity contribution in [3.05, 3.63) is 34.9 Å². The summed E-state index contributed by atoms with van der Waals surface area (Å²) in [5, 5.41) is 4.30. The minimum Gasteiger partial charge on any atom is -0.462 e. The van der Waals surface area contributed by atoms with E-state index < -0.39 is 16.0 Å². The van der Waals surface area contributed by atoms with Gasteiger partial charge in [0.05, 0.1) is 11.5 Å². The van der Waals surface area contributed by atoms with E-state index in [0.717, 1.165) is 15.8 Å². The molecule has 0 fully saturated rings. The van der Waals surface area contributed by atoms with Crippen molar-refractivity contribution in [2.45, 2.75) is 16.8 Å². The molecule has 23 heavy (non-hydrogen) atoms. The van der Waals surface area contributed by atoms with Crippen molar-refractivity contribution in [3.63, 3.8) is 0 Å². The molecule has 0 aliphatic rings. The number of carbonyl (C=O) groups is 1. The van der Waals surface area contributed by atoms with E-state index >= 15 is 0 Å². The van der Waals surface area contributed by atoms with Crippen LogP contribution in [0.3, 0.4) is 0 Å². The molecule has 10 heteroatoms. The summed E-state index contributed by atoms with van der Waals surface area (Å²) in [5.41, 5.74) is 5.66. The topological polar surface area (TPSA) is 104 Å². The zero-order valence-electron chi connectivity index (χ0n) is 12.3. The summed E-state index contributed by atoms with van der Waals surface area (Å²) in [5.74, 6) is -0.919. The van der Waals surface area contributed by atoms with Crippen LogP contribution in [0.5, 0.6) is 0 Å². The quantitative estimate of drug-likeness (QED) is 0.631. The Bertz CT molecular complexity index is 832. The number of nitrogens with two attached hydrogens (primary N) is 1. The van der Waals surface area contributed by atoms with Crippen molar-refractivity contribution < 1.29 is 17.9 Å². The number of thioether (sulfide) groups is 1. The second kappa shape index (κ2) is 6.81. The van der Waals surface area contributed by atoms with Gasteiger partial charge in [0, 0.05) is 5.02 Å². The molecule has 2 rings (SSSR count). The number of halogens is 1. The maximum Gasteiger partial charge on any atom is 0.344 e. The Balaban J connectivity index is 2.61. The summed E-state index contributed by atoms with van der Waals surface area (Å²) >= 11 is 6.81. The summed E-state index contributed by atoms with van der Waals surface area (Å²) in [4.78, 5) is 12.0. The SMILES string of the molecule is CCOC(=O)c1c(N)nn(S(=O)(=O)c2ccc(Cl)cc2)c1SC. The molecule has 0 spiro atoms. The largest absolute Gasteiger partial charge is 0.462 e. The zero-order valence-corrected chi connectivity index (χ0v) is 14.7. The number of nitrogens with zero attached hydrogens (tertiary/aromatic N) is 2. The molecule has 0 radical (unpaired) electrons. The molecule has 0 saturated carbocycles. The number of aromatic nitrogens is 2. The number of anilines is 1. The first-order valence-corrected chi connectivity index (χ1v) is 9.48. The molecule has 0 unspecified atom stereocenters. The minimum absolute atomic E-state index is 0.0184. The summed E-state index contributed by atoms with van der Waals surface area (Å²) in [6, 6.07) is 5.60. The molecule has 124 valence electrons. The van der Waals surface area contributed by atoms with Gasteiger partial charge in [-0.3, -0.25) is 0 Å². The molecule has 1 heterocycles. The fraction of sp³-hybridized carbons (Fsp3) is 0.231. The van der Waals surface area contributed by atoms with Gasteiger partial charge < -0.3 is 10.5 Å².